The SMILES string of the molecule is N#CC1(C(=O)NCS)CC1. The maximum absolute atomic E-state index is 11.0. The van der Waals surface area contributed by atoms with Gasteiger partial charge in [0.15, 0.2) is 0 Å². The van der Waals surface area contributed by atoms with Gasteiger partial charge in [-0.25, -0.2) is 0 Å². The highest BCUT2D eigenvalue weighted by Gasteiger charge is 2.50. The van der Waals surface area contributed by atoms with E-state index in [1.54, 1.807) is 0 Å². The summed E-state index contributed by atoms with van der Waals surface area (Å²) in [7, 11) is 0. The lowest BCUT2D eigenvalue weighted by Crippen LogP contribution is -2.29. The Morgan fingerprint density at radius 1 is 1.80 bits per heavy atom. The van der Waals surface area contributed by atoms with Gasteiger partial charge in [0.2, 0.25) is 5.91 Å². The average molecular weight is 156 g/mol. The summed E-state index contributed by atoms with van der Waals surface area (Å²) >= 11 is 3.82. The van der Waals surface area contributed by atoms with E-state index in [0.717, 1.165) is 0 Å². The number of nitriles is 1. The van der Waals surface area contributed by atoms with Gasteiger partial charge in [0.1, 0.15) is 5.41 Å². The van der Waals surface area contributed by atoms with Gasteiger partial charge in [-0.05, 0) is 12.8 Å². The first-order valence-corrected chi connectivity index (χ1v) is 3.69. The van der Waals surface area contributed by atoms with Crippen molar-refractivity contribution in [2.24, 2.45) is 5.41 Å². The molecule has 10 heavy (non-hydrogen) atoms. The summed E-state index contributed by atoms with van der Waals surface area (Å²) in [5.41, 5.74) is -0.692. The molecule has 1 fully saturated rings. The van der Waals surface area contributed by atoms with Crippen molar-refractivity contribution >= 4 is 18.5 Å². The van der Waals surface area contributed by atoms with Crippen LogP contribution in [-0.2, 0) is 4.79 Å². The Hall–Kier alpha value is -0.690. The van der Waals surface area contributed by atoms with Gasteiger partial charge in [0, 0.05) is 0 Å². The largest absolute Gasteiger partial charge is 0.346 e. The number of thiol groups is 1. The quantitative estimate of drug-likeness (QED) is 0.446. The molecule has 0 heterocycles. The molecule has 0 aliphatic heterocycles. The molecule has 0 aromatic heterocycles. The second kappa shape index (κ2) is 2.51. The normalized spacial score (nSPS) is 19.2. The standard InChI is InChI=1S/C6H8N2OS/c7-3-6(1-2-6)5(9)8-4-10/h10H,1-2,4H2,(H,8,9). The van der Waals surface area contributed by atoms with Gasteiger partial charge < -0.3 is 5.32 Å². The topological polar surface area (TPSA) is 52.9 Å². The molecule has 0 saturated heterocycles. The van der Waals surface area contributed by atoms with Crippen LogP contribution in [0.3, 0.4) is 0 Å². The highest BCUT2D eigenvalue weighted by atomic mass is 32.1. The van der Waals surface area contributed by atoms with E-state index in [2.05, 4.69) is 17.9 Å². The van der Waals surface area contributed by atoms with Crippen molar-refractivity contribution in [3.05, 3.63) is 0 Å². The minimum Gasteiger partial charge on any atom is -0.346 e. The summed E-state index contributed by atoms with van der Waals surface area (Å²) in [5.74, 6) is 0.132. The fourth-order valence-corrected chi connectivity index (χ4v) is 0.899. The number of carbonyl (C=O) groups is 1. The van der Waals surface area contributed by atoms with Gasteiger partial charge in [0.25, 0.3) is 0 Å². The molecule has 0 radical (unpaired) electrons. The Kier molecular flexibility index (Phi) is 1.86. The van der Waals surface area contributed by atoms with Crippen molar-refractivity contribution < 1.29 is 4.79 Å². The highest BCUT2D eigenvalue weighted by molar-refractivity contribution is 7.80. The zero-order valence-corrected chi connectivity index (χ0v) is 6.32. The van der Waals surface area contributed by atoms with Crippen molar-refractivity contribution in [2.75, 3.05) is 5.88 Å². The summed E-state index contributed by atoms with van der Waals surface area (Å²) in [4.78, 5) is 11.0. The number of nitrogens with zero attached hydrogens (tertiary/aromatic N) is 1. The third-order valence-corrected chi connectivity index (χ3v) is 1.80. The third-order valence-electron chi connectivity index (χ3n) is 1.64. The molecule has 1 amide bonds. The summed E-state index contributed by atoms with van der Waals surface area (Å²) in [6.07, 6.45) is 1.40. The monoisotopic (exact) mass is 156 g/mol. The van der Waals surface area contributed by atoms with Crippen molar-refractivity contribution in [3.8, 4) is 6.07 Å². The van der Waals surface area contributed by atoms with Crippen LogP contribution in [0.1, 0.15) is 12.8 Å². The molecule has 0 bridgehead atoms. The summed E-state index contributed by atoms with van der Waals surface area (Å²) in [5, 5.41) is 11.0. The van der Waals surface area contributed by atoms with Gasteiger partial charge in [-0.15, -0.1) is 0 Å². The van der Waals surface area contributed by atoms with Crippen LogP contribution in [0.25, 0.3) is 0 Å². The minimum atomic E-state index is -0.692. The smallest absolute Gasteiger partial charge is 0.241 e. The molecule has 0 spiro atoms. The zero-order chi connectivity index (χ0) is 7.61. The minimum absolute atomic E-state index is 0.176. The van der Waals surface area contributed by atoms with E-state index in [1.807, 2.05) is 6.07 Å². The molecule has 1 saturated carbocycles. The first kappa shape index (κ1) is 7.42. The molecule has 4 heteroatoms. The van der Waals surface area contributed by atoms with Crippen LogP contribution in [0, 0.1) is 16.7 Å². The van der Waals surface area contributed by atoms with Gasteiger partial charge in [-0.3, -0.25) is 4.79 Å². The van der Waals surface area contributed by atoms with Gasteiger partial charge >= 0.3 is 0 Å². The van der Waals surface area contributed by atoms with Gasteiger partial charge in [0.05, 0.1) is 11.9 Å². The van der Waals surface area contributed by atoms with Crippen molar-refractivity contribution in [3.63, 3.8) is 0 Å². The van der Waals surface area contributed by atoms with Crippen molar-refractivity contribution in [1.29, 1.82) is 5.26 Å². The maximum atomic E-state index is 11.0. The van der Waals surface area contributed by atoms with Crippen molar-refractivity contribution in [1.82, 2.24) is 5.32 Å². The number of carbonyl (C=O) groups excluding carboxylic acids is 1. The van der Waals surface area contributed by atoms with Crippen LogP contribution in [0.15, 0.2) is 0 Å². The molecular formula is C6H8N2OS. The molecular weight excluding hydrogens is 148 g/mol. The molecule has 0 aromatic rings. The van der Waals surface area contributed by atoms with Crippen LogP contribution < -0.4 is 5.32 Å². The van der Waals surface area contributed by atoms with Crippen LogP contribution in [0.4, 0.5) is 0 Å². The van der Waals surface area contributed by atoms with E-state index in [1.165, 1.54) is 0 Å². The maximum Gasteiger partial charge on any atom is 0.241 e. The first-order chi connectivity index (χ1) is 4.75. The molecule has 3 nitrogen and oxygen atoms in total. The fraction of sp³-hybridized carbons (Fsp3) is 0.667. The second-order valence-electron chi connectivity index (χ2n) is 2.36. The van der Waals surface area contributed by atoms with Crippen LogP contribution in [0.2, 0.25) is 0 Å². The van der Waals surface area contributed by atoms with E-state index in [4.69, 9.17) is 5.26 Å². The van der Waals surface area contributed by atoms with E-state index < -0.39 is 5.41 Å². The third kappa shape index (κ3) is 1.09. The van der Waals surface area contributed by atoms with Crippen LogP contribution in [0.5, 0.6) is 0 Å². The lowest BCUT2D eigenvalue weighted by molar-refractivity contribution is -0.124. The van der Waals surface area contributed by atoms with E-state index in [-0.39, 0.29) is 5.91 Å². The number of nitrogens with one attached hydrogen (secondary N) is 1. The summed E-state index contributed by atoms with van der Waals surface area (Å²) < 4.78 is 0. The fourth-order valence-electron chi connectivity index (χ4n) is 0.756. The highest BCUT2D eigenvalue weighted by Crippen LogP contribution is 2.44. The Morgan fingerprint density at radius 2 is 2.40 bits per heavy atom. The Balaban J connectivity index is 2.50. The molecule has 54 valence electrons. The molecule has 1 aliphatic carbocycles. The van der Waals surface area contributed by atoms with E-state index in [0.29, 0.717) is 18.7 Å². The van der Waals surface area contributed by atoms with E-state index in [9.17, 15) is 4.79 Å². The number of hydrogen-bond donors (Lipinski definition) is 2. The predicted octanol–water partition coefficient (Wildman–Crippen LogP) is 0.294. The first-order valence-electron chi connectivity index (χ1n) is 3.05. The van der Waals surface area contributed by atoms with Crippen molar-refractivity contribution in [2.45, 2.75) is 12.8 Å². The molecule has 0 aromatic carbocycles. The Bertz CT molecular complexity index is 192. The Labute approximate surface area is 64.8 Å². The molecule has 0 unspecified atom stereocenters. The van der Waals surface area contributed by atoms with E-state index >= 15 is 0 Å². The lowest BCUT2D eigenvalue weighted by atomic mass is 10.1. The number of amides is 1. The van der Waals surface area contributed by atoms with Gasteiger partial charge in [-0.1, -0.05) is 0 Å². The second-order valence-corrected chi connectivity index (χ2v) is 2.67. The molecule has 1 N–H and O–H groups in total. The summed E-state index contributed by atoms with van der Waals surface area (Å²) in [6.45, 7) is 0. The predicted molar refractivity (Wildman–Crippen MR) is 39.3 cm³/mol. The molecule has 1 aliphatic rings. The van der Waals surface area contributed by atoms with Crippen LogP contribution >= 0.6 is 12.6 Å². The summed E-state index contributed by atoms with van der Waals surface area (Å²) in [6, 6.07) is 1.99. The molecule has 0 atom stereocenters. The molecule has 1 rings (SSSR count). The average Bonchev–Trinajstić information content (AvgIpc) is 2.68. The number of hydrogen-bond acceptors (Lipinski definition) is 3. The van der Waals surface area contributed by atoms with Crippen LogP contribution in [-0.4, -0.2) is 11.8 Å². The van der Waals surface area contributed by atoms with Gasteiger partial charge in [-0.2, -0.15) is 17.9 Å². The number of rotatable bonds is 2. The Morgan fingerprint density at radius 3 is 2.70 bits per heavy atom. The lowest BCUT2D eigenvalue weighted by Gasteiger charge is -2.03. The zero-order valence-electron chi connectivity index (χ0n) is 5.42.